The van der Waals surface area contributed by atoms with Gasteiger partial charge < -0.3 is 5.32 Å². The zero-order chi connectivity index (χ0) is 23.5. The summed E-state index contributed by atoms with van der Waals surface area (Å²) in [5, 5.41) is 4.41. The van der Waals surface area contributed by atoms with Gasteiger partial charge in [0.25, 0.3) is 11.5 Å². The summed E-state index contributed by atoms with van der Waals surface area (Å²) < 4.78 is 15.9. The quantitative estimate of drug-likeness (QED) is 0.588. The van der Waals surface area contributed by atoms with Gasteiger partial charge >= 0.3 is 5.69 Å². The number of amides is 1. The van der Waals surface area contributed by atoms with E-state index in [-0.39, 0.29) is 29.9 Å². The van der Waals surface area contributed by atoms with Gasteiger partial charge in [0, 0.05) is 25.4 Å². The van der Waals surface area contributed by atoms with E-state index in [0.29, 0.717) is 11.1 Å². The van der Waals surface area contributed by atoms with Crippen LogP contribution in [0.2, 0.25) is 0 Å². The number of hydrazine groups is 1. The summed E-state index contributed by atoms with van der Waals surface area (Å²) in [6.07, 6.45) is 5.13. The topological polar surface area (TPSA) is 97.6 Å². The number of carbonyl (C=O) groups is 1. The van der Waals surface area contributed by atoms with Crippen LogP contribution >= 0.6 is 0 Å². The third kappa shape index (κ3) is 4.55. The summed E-state index contributed by atoms with van der Waals surface area (Å²) in [7, 11) is 3.06. The molecule has 0 aliphatic carbocycles. The summed E-state index contributed by atoms with van der Waals surface area (Å²) in [5.74, 6) is -0.824. The Morgan fingerprint density at radius 3 is 2.70 bits per heavy atom. The SMILES string of the molecule is CON1C=CC(CNC(=O)c2ccc3c(c2)c(=O)n(Cc2cccc(F)c2)c(=O)n3C)=CN1. The molecule has 3 aromatic rings. The molecule has 1 aliphatic rings. The van der Waals surface area contributed by atoms with E-state index in [0.717, 1.165) is 10.1 Å². The Balaban J connectivity index is 1.62. The Labute approximate surface area is 187 Å². The number of aryl methyl sites for hydroxylation is 1. The standard InChI is InChI=1S/C23H22FN5O4/c1-27-20-7-6-17(21(30)25-12-16-8-9-29(33-2)26-13-16)11-19(20)22(31)28(23(27)32)14-15-4-3-5-18(24)10-15/h3-11,13,26H,12,14H2,1-2H3,(H,25,30). The lowest BCUT2D eigenvalue weighted by Gasteiger charge is -2.21. The van der Waals surface area contributed by atoms with Crippen LogP contribution in [0.1, 0.15) is 15.9 Å². The van der Waals surface area contributed by atoms with E-state index in [9.17, 15) is 18.8 Å². The van der Waals surface area contributed by atoms with Crippen molar-refractivity contribution >= 4 is 16.8 Å². The normalized spacial score (nSPS) is 13.1. The molecule has 2 N–H and O–H groups in total. The Bertz CT molecular complexity index is 1410. The van der Waals surface area contributed by atoms with E-state index in [2.05, 4.69) is 10.7 Å². The predicted octanol–water partition coefficient (Wildman–Crippen LogP) is 1.40. The maximum atomic E-state index is 13.6. The molecule has 0 unspecified atom stereocenters. The van der Waals surface area contributed by atoms with Gasteiger partial charge in [-0.2, -0.15) is 5.17 Å². The Morgan fingerprint density at radius 1 is 1.18 bits per heavy atom. The first-order chi connectivity index (χ1) is 15.9. The zero-order valence-corrected chi connectivity index (χ0v) is 18.0. The van der Waals surface area contributed by atoms with Crippen LogP contribution in [0.5, 0.6) is 0 Å². The van der Waals surface area contributed by atoms with Crippen molar-refractivity contribution in [3.05, 3.63) is 104 Å². The Morgan fingerprint density at radius 2 is 2.00 bits per heavy atom. The van der Waals surface area contributed by atoms with Gasteiger partial charge in [0.1, 0.15) is 5.82 Å². The Hall–Kier alpha value is -4.18. The summed E-state index contributed by atoms with van der Waals surface area (Å²) in [5.41, 5.74) is 3.78. The maximum absolute atomic E-state index is 13.6. The van der Waals surface area contributed by atoms with Gasteiger partial charge in [-0.3, -0.25) is 29.0 Å². The number of aromatic nitrogens is 2. The maximum Gasteiger partial charge on any atom is 0.331 e. The summed E-state index contributed by atoms with van der Waals surface area (Å²) >= 11 is 0. The van der Waals surface area contributed by atoms with Crippen LogP contribution in [0, 0.1) is 5.82 Å². The molecular weight excluding hydrogens is 429 g/mol. The molecule has 10 heteroatoms. The first-order valence-corrected chi connectivity index (χ1v) is 10.1. The number of rotatable bonds is 6. The van der Waals surface area contributed by atoms with Gasteiger partial charge in [-0.25, -0.2) is 9.18 Å². The third-order valence-electron chi connectivity index (χ3n) is 5.29. The number of carbonyl (C=O) groups excluding carboxylic acids is 1. The lowest BCUT2D eigenvalue weighted by molar-refractivity contribution is -0.119. The number of nitrogens with zero attached hydrogens (tertiary/aromatic N) is 3. The van der Waals surface area contributed by atoms with Gasteiger partial charge in [-0.15, -0.1) is 0 Å². The van der Waals surface area contributed by atoms with Crippen molar-refractivity contribution in [2.24, 2.45) is 7.05 Å². The van der Waals surface area contributed by atoms with Crippen molar-refractivity contribution in [3.63, 3.8) is 0 Å². The van der Waals surface area contributed by atoms with Crippen LogP contribution in [0.15, 0.2) is 76.1 Å². The monoisotopic (exact) mass is 451 g/mol. The average molecular weight is 451 g/mol. The third-order valence-corrected chi connectivity index (χ3v) is 5.29. The zero-order valence-electron chi connectivity index (χ0n) is 18.0. The van der Waals surface area contributed by atoms with E-state index < -0.39 is 17.1 Å². The largest absolute Gasteiger partial charge is 0.348 e. The van der Waals surface area contributed by atoms with Gasteiger partial charge in [-0.05, 0) is 47.5 Å². The van der Waals surface area contributed by atoms with Gasteiger partial charge in [0.15, 0.2) is 0 Å². The van der Waals surface area contributed by atoms with Gasteiger partial charge in [0.2, 0.25) is 0 Å². The second-order valence-electron chi connectivity index (χ2n) is 7.45. The second-order valence-corrected chi connectivity index (χ2v) is 7.45. The fraction of sp³-hybridized carbons (Fsp3) is 0.174. The molecule has 0 saturated carbocycles. The fourth-order valence-corrected chi connectivity index (χ4v) is 3.52. The summed E-state index contributed by atoms with van der Waals surface area (Å²) in [6, 6.07) is 10.3. The van der Waals surface area contributed by atoms with Crippen LogP contribution in [0.4, 0.5) is 4.39 Å². The molecule has 2 aromatic carbocycles. The fourth-order valence-electron chi connectivity index (χ4n) is 3.52. The lowest BCUT2D eigenvalue weighted by Crippen LogP contribution is -2.39. The van der Waals surface area contributed by atoms with Crippen LogP contribution in [-0.4, -0.2) is 33.9 Å². The number of hydrogen-bond donors (Lipinski definition) is 2. The second kappa shape index (κ2) is 9.13. The summed E-state index contributed by atoms with van der Waals surface area (Å²) in [4.78, 5) is 43.5. The van der Waals surface area contributed by atoms with Crippen molar-refractivity contribution in [2.75, 3.05) is 13.7 Å². The molecule has 0 atom stereocenters. The molecule has 4 rings (SSSR count). The van der Waals surface area contributed by atoms with Gasteiger partial charge in [-0.1, -0.05) is 12.1 Å². The molecule has 0 radical (unpaired) electrons. The highest BCUT2D eigenvalue weighted by Crippen LogP contribution is 2.12. The van der Waals surface area contributed by atoms with Crippen molar-refractivity contribution in [2.45, 2.75) is 6.54 Å². The molecule has 1 aromatic heterocycles. The molecule has 0 fully saturated rings. The molecule has 1 aliphatic heterocycles. The van der Waals surface area contributed by atoms with Crippen molar-refractivity contribution in [3.8, 4) is 0 Å². The number of fused-ring (bicyclic) bond motifs is 1. The van der Waals surface area contributed by atoms with E-state index in [1.165, 1.54) is 41.1 Å². The minimum Gasteiger partial charge on any atom is -0.348 e. The van der Waals surface area contributed by atoms with Crippen LogP contribution < -0.4 is 22.0 Å². The number of halogens is 1. The average Bonchev–Trinajstić information content (AvgIpc) is 2.83. The van der Waals surface area contributed by atoms with Gasteiger partial charge in [0.05, 0.1) is 30.8 Å². The van der Waals surface area contributed by atoms with E-state index >= 15 is 0 Å². The van der Waals surface area contributed by atoms with Crippen LogP contribution in [0.3, 0.4) is 0 Å². The molecule has 0 saturated heterocycles. The molecule has 2 heterocycles. The molecule has 170 valence electrons. The first kappa shape index (κ1) is 22.0. The minimum atomic E-state index is -0.547. The van der Waals surface area contributed by atoms with Crippen molar-refractivity contribution in [1.82, 2.24) is 25.0 Å². The number of benzene rings is 2. The van der Waals surface area contributed by atoms with Crippen molar-refractivity contribution < 1.29 is 14.0 Å². The van der Waals surface area contributed by atoms with E-state index in [1.807, 2.05) is 0 Å². The van der Waals surface area contributed by atoms with Crippen molar-refractivity contribution in [1.29, 1.82) is 0 Å². The number of hydroxylamine groups is 1. The molecule has 0 spiro atoms. The molecule has 1 amide bonds. The number of hydrogen-bond acceptors (Lipinski definition) is 6. The molecule has 0 bridgehead atoms. The lowest BCUT2D eigenvalue weighted by atomic mass is 10.1. The highest BCUT2D eigenvalue weighted by molar-refractivity contribution is 5.98. The number of nitrogens with one attached hydrogen (secondary N) is 2. The molecule has 9 nitrogen and oxygen atoms in total. The van der Waals surface area contributed by atoms with Crippen LogP contribution in [-0.2, 0) is 18.4 Å². The minimum absolute atomic E-state index is 0.0817. The predicted molar refractivity (Wildman–Crippen MR) is 120 cm³/mol. The smallest absolute Gasteiger partial charge is 0.331 e. The Kier molecular flexibility index (Phi) is 6.09. The molecular formula is C23H22FN5O4. The molecule has 33 heavy (non-hydrogen) atoms. The van der Waals surface area contributed by atoms with E-state index in [1.54, 1.807) is 43.7 Å². The first-order valence-electron chi connectivity index (χ1n) is 10.1. The van der Waals surface area contributed by atoms with E-state index in [4.69, 9.17) is 4.84 Å². The summed E-state index contributed by atoms with van der Waals surface area (Å²) in [6.45, 7) is 0.177. The van der Waals surface area contributed by atoms with Crippen LogP contribution in [0.25, 0.3) is 10.9 Å². The highest BCUT2D eigenvalue weighted by atomic mass is 19.1. The highest BCUT2D eigenvalue weighted by Gasteiger charge is 2.15.